The second-order valence-corrected chi connectivity index (χ2v) is 4.01. The highest BCUT2D eigenvalue weighted by molar-refractivity contribution is 5.92. The zero-order chi connectivity index (χ0) is 12.8. The molecular formula is C12H16N4O2. The van der Waals surface area contributed by atoms with E-state index in [1.54, 1.807) is 18.6 Å². The van der Waals surface area contributed by atoms with Gasteiger partial charge >= 0.3 is 0 Å². The summed E-state index contributed by atoms with van der Waals surface area (Å²) in [4.78, 5) is 18.6. The second-order valence-electron chi connectivity index (χ2n) is 4.01. The highest BCUT2D eigenvalue weighted by Crippen LogP contribution is 2.05. The van der Waals surface area contributed by atoms with Crippen molar-refractivity contribution in [2.45, 2.75) is 26.2 Å². The summed E-state index contributed by atoms with van der Waals surface area (Å²) in [6, 6.07) is 1.69. The number of hydrogen-bond acceptors (Lipinski definition) is 4. The van der Waals surface area contributed by atoms with Crippen molar-refractivity contribution in [1.29, 1.82) is 0 Å². The molecule has 0 atom stereocenters. The highest BCUT2D eigenvalue weighted by atomic mass is 16.5. The molecule has 6 nitrogen and oxygen atoms in total. The van der Waals surface area contributed by atoms with Crippen LogP contribution < -0.4 is 5.32 Å². The quantitative estimate of drug-likeness (QED) is 0.807. The fourth-order valence-corrected chi connectivity index (χ4v) is 1.61. The summed E-state index contributed by atoms with van der Waals surface area (Å²) in [5.74, 6) is 0.539. The largest absolute Gasteiger partial charge is 0.361 e. The topological polar surface area (TPSA) is 83.8 Å². The van der Waals surface area contributed by atoms with Crippen LogP contribution in [0.3, 0.4) is 0 Å². The Morgan fingerprint density at radius 1 is 1.50 bits per heavy atom. The van der Waals surface area contributed by atoms with Gasteiger partial charge in [0.05, 0.1) is 6.33 Å². The van der Waals surface area contributed by atoms with Crippen molar-refractivity contribution in [1.82, 2.24) is 20.4 Å². The first kappa shape index (κ1) is 12.3. The summed E-state index contributed by atoms with van der Waals surface area (Å²) in [5, 5.41) is 6.53. The number of aromatic amines is 1. The van der Waals surface area contributed by atoms with Gasteiger partial charge in [-0.05, 0) is 6.42 Å². The summed E-state index contributed by atoms with van der Waals surface area (Å²) in [6.45, 7) is 2.59. The molecule has 2 aromatic heterocycles. The van der Waals surface area contributed by atoms with Crippen LogP contribution in [0.1, 0.15) is 35.3 Å². The monoisotopic (exact) mass is 248 g/mol. The number of nitrogens with zero attached hydrogens (tertiary/aromatic N) is 2. The third-order valence-corrected chi connectivity index (χ3v) is 2.52. The summed E-state index contributed by atoms with van der Waals surface area (Å²) in [7, 11) is 0. The third kappa shape index (κ3) is 3.19. The molecule has 0 unspecified atom stereocenters. The molecule has 1 amide bonds. The van der Waals surface area contributed by atoms with Gasteiger partial charge in [0.25, 0.3) is 5.91 Å². The van der Waals surface area contributed by atoms with Crippen molar-refractivity contribution in [3.05, 3.63) is 35.7 Å². The Bertz CT molecular complexity index is 490. The lowest BCUT2D eigenvalue weighted by Crippen LogP contribution is -2.26. The number of aromatic nitrogens is 3. The van der Waals surface area contributed by atoms with Gasteiger partial charge in [-0.2, -0.15) is 0 Å². The number of hydrogen-bond donors (Lipinski definition) is 2. The zero-order valence-electron chi connectivity index (χ0n) is 10.3. The maximum Gasteiger partial charge on any atom is 0.273 e. The van der Waals surface area contributed by atoms with Crippen LogP contribution in [-0.2, 0) is 12.8 Å². The maximum atomic E-state index is 11.7. The summed E-state index contributed by atoms with van der Waals surface area (Å²) in [6.07, 6.45) is 5.84. The highest BCUT2D eigenvalue weighted by Gasteiger charge is 2.11. The maximum absolute atomic E-state index is 11.7. The molecule has 0 aliphatic rings. The lowest BCUT2D eigenvalue weighted by Gasteiger charge is -2.00. The van der Waals surface area contributed by atoms with Crippen molar-refractivity contribution in [3.63, 3.8) is 0 Å². The molecule has 0 fully saturated rings. The summed E-state index contributed by atoms with van der Waals surface area (Å²) < 4.78 is 5.05. The van der Waals surface area contributed by atoms with Crippen LogP contribution in [0, 0.1) is 0 Å². The predicted molar refractivity (Wildman–Crippen MR) is 65.1 cm³/mol. The van der Waals surface area contributed by atoms with Crippen LogP contribution in [0.25, 0.3) is 0 Å². The number of imidazole rings is 1. The number of amides is 1. The molecule has 18 heavy (non-hydrogen) atoms. The van der Waals surface area contributed by atoms with Gasteiger partial charge in [0.1, 0.15) is 5.76 Å². The van der Waals surface area contributed by atoms with Crippen molar-refractivity contribution in [2.24, 2.45) is 0 Å². The van der Waals surface area contributed by atoms with Crippen LogP contribution in [-0.4, -0.2) is 27.6 Å². The molecule has 2 N–H and O–H groups in total. The van der Waals surface area contributed by atoms with Gasteiger partial charge in [-0.25, -0.2) is 4.98 Å². The lowest BCUT2D eigenvalue weighted by atomic mass is 10.2. The molecule has 0 aromatic carbocycles. The minimum atomic E-state index is -0.208. The Balaban J connectivity index is 1.80. The number of carbonyl (C=O) groups is 1. The third-order valence-electron chi connectivity index (χ3n) is 2.52. The van der Waals surface area contributed by atoms with Crippen LogP contribution >= 0.6 is 0 Å². The van der Waals surface area contributed by atoms with E-state index >= 15 is 0 Å². The number of carbonyl (C=O) groups excluding carboxylic acids is 1. The number of aryl methyl sites for hydroxylation is 1. The minimum absolute atomic E-state index is 0.208. The fraction of sp³-hybridized carbons (Fsp3) is 0.417. The van der Waals surface area contributed by atoms with Crippen LogP contribution in [0.15, 0.2) is 23.1 Å². The van der Waals surface area contributed by atoms with E-state index in [2.05, 4.69) is 20.4 Å². The van der Waals surface area contributed by atoms with Gasteiger partial charge in [-0.15, -0.1) is 0 Å². The molecular weight excluding hydrogens is 232 g/mol. The smallest absolute Gasteiger partial charge is 0.273 e. The second kappa shape index (κ2) is 6.00. The molecule has 2 rings (SSSR count). The first-order chi connectivity index (χ1) is 8.79. The fourth-order valence-electron chi connectivity index (χ4n) is 1.61. The average molecular weight is 248 g/mol. The molecule has 0 saturated carbocycles. The van der Waals surface area contributed by atoms with Crippen molar-refractivity contribution in [2.75, 3.05) is 6.54 Å². The Morgan fingerprint density at radius 2 is 2.39 bits per heavy atom. The average Bonchev–Trinajstić information content (AvgIpc) is 3.00. The molecule has 2 aromatic rings. The van der Waals surface area contributed by atoms with E-state index in [0.29, 0.717) is 18.7 Å². The van der Waals surface area contributed by atoms with Crippen molar-refractivity contribution >= 4 is 5.91 Å². The molecule has 0 saturated heterocycles. The zero-order valence-corrected chi connectivity index (χ0v) is 10.3. The van der Waals surface area contributed by atoms with Crippen LogP contribution in [0.2, 0.25) is 0 Å². The van der Waals surface area contributed by atoms with Crippen molar-refractivity contribution < 1.29 is 9.32 Å². The van der Waals surface area contributed by atoms with E-state index in [0.717, 1.165) is 24.3 Å². The number of rotatable bonds is 6. The van der Waals surface area contributed by atoms with Crippen molar-refractivity contribution in [3.8, 4) is 0 Å². The van der Waals surface area contributed by atoms with Gasteiger partial charge < -0.3 is 14.8 Å². The minimum Gasteiger partial charge on any atom is -0.361 e. The van der Waals surface area contributed by atoms with E-state index < -0.39 is 0 Å². The van der Waals surface area contributed by atoms with E-state index in [9.17, 15) is 4.79 Å². The normalized spacial score (nSPS) is 10.5. The molecule has 0 bridgehead atoms. The number of H-pyrrole nitrogens is 1. The van der Waals surface area contributed by atoms with Crippen LogP contribution in [0.5, 0.6) is 0 Å². The van der Waals surface area contributed by atoms with Gasteiger partial charge in [-0.1, -0.05) is 12.1 Å². The predicted octanol–water partition coefficient (Wildman–Crippen LogP) is 1.32. The molecule has 0 aliphatic carbocycles. The molecule has 0 spiro atoms. The van der Waals surface area contributed by atoms with E-state index in [1.807, 2.05) is 6.92 Å². The van der Waals surface area contributed by atoms with E-state index in [4.69, 9.17) is 4.52 Å². The van der Waals surface area contributed by atoms with E-state index in [-0.39, 0.29) is 5.91 Å². The van der Waals surface area contributed by atoms with E-state index in [1.165, 1.54) is 0 Å². The SMILES string of the molecule is CCCc1cc(C(=O)NCCc2cnc[nH]2)no1. The lowest BCUT2D eigenvalue weighted by molar-refractivity contribution is 0.0945. The summed E-state index contributed by atoms with van der Waals surface area (Å²) in [5.41, 5.74) is 1.32. The Kier molecular flexibility index (Phi) is 4.11. The van der Waals surface area contributed by atoms with Gasteiger partial charge in [0.2, 0.25) is 0 Å². The van der Waals surface area contributed by atoms with Crippen LogP contribution in [0.4, 0.5) is 0 Å². The Hall–Kier alpha value is -2.11. The molecule has 2 heterocycles. The van der Waals surface area contributed by atoms with Gasteiger partial charge in [-0.3, -0.25) is 4.79 Å². The van der Waals surface area contributed by atoms with Gasteiger partial charge in [0, 0.05) is 37.3 Å². The first-order valence-electron chi connectivity index (χ1n) is 6.00. The Labute approximate surface area is 105 Å². The van der Waals surface area contributed by atoms with Gasteiger partial charge in [0.15, 0.2) is 5.69 Å². The molecule has 0 aliphatic heterocycles. The molecule has 96 valence electrons. The molecule has 6 heteroatoms. The summed E-state index contributed by atoms with van der Waals surface area (Å²) >= 11 is 0. The first-order valence-corrected chi connectivity index (χ1v) is 6.00. The number of nitrogens with one attached hydrogen (secondary N) is 2. The Morgan fingerprint density at radius 3 is 3.11 bits per heavy atom. The molecule has 0 radical (unpaired) electrons. The standard InChI is InChI=1S/C12H16N4O2/c1-2-3-10-6-11(16-18-10)12(17)14-5-4-9-7-13-8-15-9/h6-8H,2-5H2,1H3,(H,13,15)(H,14,17).